The van der Waals surface area contributed by atoms with E-state index in [-0.39, 0.29) is 0 Å². The lowest BCUT2D eigenvalue weighted by molar-refractivity contribution is 0.199. The van der Waals surface area contributed by atoms with Crippen molar-refractivity contribution in [3.8, 4) is 11.5 Å². The molecule has 3 rings (SSSR count). The number of aryl methyl sites for hydroxylation is 2. The molecular weight excluding hydrogens is 292 g/mol. The van der Waals surface area contributed by atoms with E-state index in [4.69, 9.17) is 9.26 Å². The van der Waals surface area contributed by atoms with Crippen LogP contribution in [0.4, 0.5) is 0 Å². The standard InChI is InChI=1S/C17H20N4O2/c1-12-10-13(2)21(19-12)11-14-4-6-15(7-5-14)17-18-16(20-23-17)8-9-22-3/h4-7,10H,8-9,11H2,1-3H3. The molecule has 0 amide bonds. The van der Waals surface area contributed by atoms with Gasteiger partial charge in [-0.25, -0.2) is 0 Å². The third kappa shape index (κ3) is 3.65. The molecule has 0 N–H and O–H groups in total. The summed E-state index contributed by atoms with van der Waals surface area (Å²) < 4.78 is 12.3. The summed E-state index contributed by atoms with van der Waals surface area (Å²) in [4.78, 5) is 4.37. The number of benzene rings is 1. The van der Waals surface area contributed by atoms with Crippen LogP contribution in [0.3, 0.4) is 0 Å². The molecule has 0 radical (unpaired) electrons. The Balaban J connectivity index is 1.71. The number of hydrogen-bond acceptors (Lipinski definition) is 5. The molecule has 2 aromatic heterocycles. The molecule has 3 aromatic rings. The molecule has 0 saturated carbocycles. The molecular formula is C17H20N4O2. The quantitative estimate of drug-likeness (QED) is 0.700. The predicted molar refractivity (Wildman–Crippen MR) is 86.1 cm³/mol. The average molecular weight is 312 g/mol. The molecule has 0 atom stereocenters. The van der Waals surface area contributed by atoms with E-state index in [9.17, 15) is 0 Å². The van der Waals surface area contributed by atoms with E-state index in [1.807, 2.05) is 23.7 Å². The summed E-state index contributed by atoms with van der Waals surface area (Å²) >= 11 is 0. The molecule has 0 fully saturated rings. The van der Waals surface area contributed by atoms with E-state index < -0.39 is 0 Å². The lowest BCUT2D eigenvalue weighted by atomic mass is 10.1. The van der Waals surface area contributed by atoms with Crippen LogP contribution in [-0.4, -0.2) is 33.6 Å². The number of aromatic nitrogens is 4. The third-order valence-corrected chi connectivity index (χ3v) is 3.63. The molecule has 0 aliphatic rings. The van der Waals surface area contributed by atoms with Crippen molar-refractivity contribution in [2.75, 3.05) is 13.7 Å². The number of ether oxygens (including phenoxy) is 1. The fourth-order valence-corrected chi connectivity index (χ4v) is 2.43. The molecule has 0 bridgehead atoms. The van der Waals surface area contributed by atoms with Crippen molar-refractivity contribution in [3.63, 3.8) is 0 Å². The van der Waals surface area contributed by atoms with Crippen molar-refractivity contribution in [1.29, 1.82) is 0 Å². The van der Waals surface area contributed by atoms with Gasteiger partial charge in [0.2, 0.25) is 0 Å². The highest BCUT2D eigenvalue weighted by atomic mass is 16.5. The maximum absolute atomic E-state index is 5.29. The van der Waals surface area contributed by atoms with Crippen LogP contribution >= 0.6 is 0 Å². The maximum atomic E-state index is 5.29. The van der Waals surface area contributed by atoms with Crippen LogP contribution in [0.5, 0.6) is 0 Å². The first-order valence-electron chi connectivity index (χ1n) is 7.57. The Labute approximate surface area is 135 Å². The van der Waals surface area contributed by atoms with Crippen molar-refractivity contribution >= 4 is 0 Å². The zero-order valence-corrected chi connectivity index (χ0v) is 13.6. The van der Waals surface area contributed by atoms with E-state index in [0.717, 1.165) is 23.5 Å². The SMILES string of the molecule is COCCc1noc(-c2ccc(Cn3nc(C)cc3C)cc2)n1. The van der Waals surface area contributed by atoms with Gasteiger partial charge < -0.3 is 9.26 Å². The fourth-order valence-electron chi connectivity index (χ4n) is 2.43. The molecule has 23 heavy (non-hydrogen) atoms. The summed E-state index contributed by atoms with van der Waals surface area (Å²) in [7, 11) is 1.66. The van der Waals surface area contributed by atoms with Gasteiger partial charge in [0.25, 0.3) is 5.89 Å². The van der Waals surface area contributed by atoms with Crippen LogP contribution in [0.1, 0.15) is 22.8 Å². The molecule has 0 aliphatic carbocycles. The summed E-state index contributed by atoms with van der Waals surface area (Å²) in [5.41, 5.74) is 4.29. The zero-order chi connectivity index (χ0) is 16.2. The second-order valence-corrected chi connectivity index (χ2v) is 5.54. The minimum atomic E-state index is 0.536. The van der Waals surface area contributed by atoms with E-state index in [1.165, 1.54) is 5.56 Å². The first-order chi connectivity index (χ1) is 11.2. The van der Waals surface area contributed by atoms with E-state index in [0.29, 0.717) is 24.7 Å². The number of hydrogen-bond donors (Lipinski definition) is 0. The number of rotatable bonds is 6. The van der Waals surface area contributed by atoms with Crippen molar-refractivity contribution in [2.45, 2.75) is 26.8 Å². The summed E-state index contributed by atoms with van der Waals surface area (Å²) in [6, 6.07) is 10.2. The van der Waals surface area contributed by atoms with Gasteiger partial charge >= 0.3 is 0 Å². The first-order valence-corrected chi connectivity index (χ1v) is 7.57. The van der Waals surface area contributed by atoms with Crippen LogP contribution in [0.2, 0.25) is 0 Å². The third-order valence-electron chi connectivity index (χ3n) is 3.63. The molecule has 6 nitrogen and oxygen atoms in total. The highest BCUT2D eigenvalue weighted by molar-refractivity contribution is 5.53. The summed E-state index contributed by atoms with van der Waals surface area (Å²) in [5.74, 6) is 1.20. The van der Waals surface area contributed by atoms with E-state index in [2.05, 4.69) is 40.4 Å². The number of methoxy groups -OCH3 is 1. The van der Waals surface area contributed by atoms with Gasteiger partial charge in [0.1, 0.15) is 0 Å². The summed E-state index contributed by atoms with van der Waals surface area (Å²) in [5, 5.41) is 8.44. The molecule has 0 saturated heterocycles. The van der Waals surface area contributed by atoms with Gasteiger partial charge in [-0.15, -0.1) is 0 Å². The van der Waals surface area contributed by atoms with Gasteiger partial charge in [-0.05, 0) is 37.6 Å². The highest BCUT2D eigenvalue weighted by Crippen LogP contribution is 2.18. The second kappa shape index (κ2) is 6.75. The van der Waals surface area contributed by atoms with Crippen LogP contribution < -0.4 is 0 Å². The Morgan fingerprint density at radius 1 is 1.17 bits per heavy atom. The average Bonchev–Trinajstić information content (AvgIpc) is 3.13. The second-order valence-electron chi connectivity index (χ2n) is 5.54. The summed E-state index contributed by atoms with van der Waals surface area (Å²) in [6.45, 7) is 5.40. The van der Waals surface area contributed by atoms with E-state index in [1.54, 1.807) is 7.11 Å². The largest absolute Gasteiger partial charge is 0.384 e. The van der Waals surface area contributed by atoms with Crippen LogP contribution in [0, 0.1) is 13.8 Å². The fraction of sp³-hybridized carbons (Fsp3) is 0.353. The minimum absolute atomic E-state index is 0.536. The smallest absolute Gasteiger partial charge is 0.257 e. The first kappa shape index (κ1) is 15.4. The normalized spacial score (nSPS) is 11.1. The lowest BCUT2D eigenvalue weighted by Gasteiger charge is -2.05. The van der Waals surface area contributed by atoms with Crippen LogP contribution in [0.15, 0.2) is 34.9 Å². The van der Waals surface area contributed by atoms with Crippen LogP contribution in [-0.2, 0) is 17.7 Å². The Bertz CT molecular complexity index is 774. The Morgan fingerprint density at radius 3 is 2.61 bits per heavy atom. The van der Waals surface area contributed by atoms with Crippen molar-refractivity contribution in [3.05, 3.63) is 53.1 Å². The Hall–Kier alpha value is -2.47. The molecule has 6 heteroatoms. The molecule has 2 heterocycles. The highest BCUT2D eigenvalue weighted by Gasteiger charge is 2.09. The minimum Gasteiger partial charge on any atom is -0.384 e. The molecule has 0 aliphatic heterocycles. The van der Waals surface area contributed by atoms with Crippen LogP contribution in [0.25, 0.3) is 11.5 Å². The maximum Gasteiger partial charge on any atom is 0.257 e. The Morgan fingerprint density at radius 2 is 1.96 bits per heavy atom. The topological polar surface area (TPSA) is 66.0 Å². The van der Waals surface area contributed by atoms with Gasteiger partial charge in [-0.2, -0.15) is 10.1 Å². The van der Waals surface area contributed by atoms with Gasteiger partial charge in [-0.3, -0.25) is 4.68 Å². The number of nitrogens with zero attached hydrogens (tertiary/aromatic N) is 4. The van der Waals surface area contributed by atoms with Crippen molar-refractivity contribution in [1.82, 2.24) is 19.9 Å². The monoisotopic (exact) mass is 312 g/mol. The van der Waals surface area contributed by atoms with Gasteiger partial charge in [0.15, 0.2) is 5.82 Å². The van der Waals surface area contributed by atoms with Crippen molar-refractivity contribution < 1.29 is 9.26 Å². The summed E-state index contributed by atoms with van der Waals surface area (Å²) in [6.07, 6.45) is 0.649. The molecule has 1 aromatic carbocycles. The Kier molecular flexibility index (Phi) is 4.52. The van der Waals surface area contributed by atoms with Crippen molar-refractivity contribution in [2.24, 2.45) is 0 Å². The predicted octanol–water partition coefficient (Wildman–Crippen LogP) is 2.79. The van der Waals surface area contributed by atoms with Gasteiger partial charge in [-0.1, -0.05) is 17.3 Å². The zero-order valence-electron chi connectivity index (χ0n) is 13.6. The molecule has 120 valence electrons. The van der Waals surface area contributed by atoms with E-state index >= 15 is 0 Å². The van der Waals surface area contributed by atoms with Gasteiger partial charge in [0.05, 0.1) is 18.8 Å². The molecule has 0 unspecified atom stereocenters. The van der Waals surface area contributed by atoms with Gasteiger partial charge in [0, 0.05) is 24.8 Å². The lowest BCUT2D eigenvalue weighted by Crippen LogP contribution is -2.03. The molecule has 0 spiro atoms.